The second-order valence-corrected chi connectivity index (χ2v) is 4.08. The van der Waals surface area contributed by atoms with E-state index in [1.54, 1.807) is 12.4 Å². The molecular formula is C10H10BrN3. The molecule has 0 unspecified atom stereocenters. The summed E-state index contributed by atoms with van der Waals surface area (Å²) >= 11 is 3.44. The summed E-state index contributed by atoms with van der Waals surface area (Å²) in [4.78, 5) is 10.6. The maximum atomic E-state index is 4.34. The van der Waals surface area contributed by atoms with Gasteiger partial charge in [0.2, 0.25) is 0 Å². The minimum Gasteiger partial charge on any atom is -0.362 e. The van der Waals surface area contributed by atoms with E-state index in [1.165, 1.54) is 0 Å². The van der Waals surface area contributed by atoms with Gasteiger partial charge in [-0.15, -0.1) is 0 Å². The summed E-state index contributed by atoms with van der Waals surface area (Å²) in [5, 5.41) is 1.06. The van der Waals surface area contributed by atoms with Crippen molar-refractivity contribution in [1.82, 2.24) is 9.97 Å². The highest BCUT2D eigenvalue weighted by Gasteiger charge is 2.07. The van der Waals surface area contributed by atoms with Gasteiger partial charge in [0.25, 0.3) is 0 Å². The predicted octanol–water partition coefficient (Wildman–Crippen LogP) is 2.46. The first-order chi connectivity index (χ1) is 6.70. The molecule has 0 N–H and O–H groups in total. The van der Waals surface area contributed by atoms with E-state index in [-0.39, 0.29) is 0 Å². The fourth-order valence-corrected chi connectivity index (χ4v) is 1.80. The van der Waals surface area contributed by atoms with Crippen molar-refractivity contribution in [2.75, 3.05) is 19.0 Å². The maximum Gasteiger partial charge on any atom is 0.137 e. The summed E-state index contributed by atoms with van der Waals surface area (Å²) in [5.74, 6) is 0.941. The average Bonchev–Trinajstić information content (AvgIpc) is 2.18. The summed E-state index contributed by atoms with van der Waals surface area (Å²) in [6.07, 6.45) is 3.57. The third kappa shape index (κ3) is 1.46. The molecular weight excluding hydrogens is 242 g/mol. The molecule has 0 amide bonds. The lowest BCUT2D eigenvalue weighted by Crippen LogP contribution is -2.11. The van der Waals surface area contributed by atoms with Crippen LogP contribution in [0.15, 0.2) is 29.0 Å². The lowest BCUT2D eigenvalue weighted by atomic mass is 10.2. The molecule has 0 saturated carbocycles. The molecule has 0 saturated heterocycles. The van der Waals surface area contributed by atoms with E-state index in [0.29, 0.717) is 0 Å². The van der Waals surface area contributed by atoms with Gasteiger partial charge in [-0.25, -0.2) is 4.98 Å². The van der Waals surface area contributed by atoms with E-state index in [9.17, 15) is 0 Å². The molecule has 0 aliphatic carbocycles. The third-order valence-corrected chi connectivity index (χ3v) is 2.58. The standard InChI is InChI=1S/C10H10BrN3/c1-14(2)10-7-4-3-5-12-9(7)8(11)6-13-10/h3-6H,1-2H3. The van der Waals surface area contributed by atoms with Gasteiger partial charge in [-0.2, -0.15) is 0 Å². The Morgan fingerprint density at radius 2 is 2.07 bits per heavy atom. The fourth-order valence-electron chi connectivity index (χ4n) is 1.38. The van der Waals surface area contributed by atoms with Crippen LogP contribution in [0.5, 0.6) is 0 Å². The molecule has 72 valence electrons. The minimum absolute atomic E-state index is 0.929. The van der Waals surface area contributed by atoms with E-state index in [0.717, 1.165) is 21.2 Å². The molecule has 0 bridgehead atoms. The van der Waals surface area contributed by atoms with Crippen LogP contribution in [-0.2, 0) is 0 Å². The molecule has 0 aliphatic heterocycles. The van der Waals surface area contributed by atoms with Gasteiger partial charge < -0.3 is 4.90 Å². The Kier molecular flexibility index (Phi) is 2.37. The van der Waals surface area contributed by atoms with Crippen LogP contribution < -0.4 is 4.90 Å². The summed E-state index contributed by atoms with van der Waals surface area (Å²) in [6, 6.07) is 3.94. The van der Waals surface area contributed by atoms with E-state index < -0.39 is 0 Å². The van der Waals surface area contributed by atoms with Crippen LogP contribution in [0.4, 0.5) is 5.82 Å². The topological polar surface area (TPSA) is 29.0 Å². The highest BCUT2D eigenvalue weighted by atomic mass is 79.9. The zero-order valence-electron chi connectivity index (χ0n) is 8.03. The Labute approximate surface area is 90.9 Å². The second-order valence-electron chi connectivity index (χ2n) is 3.22. The molecule has 14 heavy (non-hydrogen) atoms. The lowest BCUT2D eigenvalue weighted by Gasteiger charge is -2.13. The first kappa shape index (κ1) is 9.40. The first-order valence-electron chi connectivity index (χ1n) is 4.26. The Balaban J connectivity index is 2.82. The number of fused-ring (bicyclic) bond motifs is 1. The van der Waals surface area contributed by atoms with Crippen molar-refractivity contribution in [3.8, 4) is 0 Å². The summed E-state index contributed by atoms with van der Waals surface area (Å²) in [6.45, 7) is 0. The number of hydrogen-bond donors (Lipinski definition) is 0. The van der Waals surface area contributed by atoms with Gasteiger partial charge in [-0.1, -0.05) is 0 Å². The number of rotatable bonds is 1. The molecule has 0 fully saturated rings. The number of aromatic nitrogens is 2. The number of pyridine rings is 2. The molecule has 3 nitrogen and oxygen atoms in total. The van der Waals surface area contributed by atoms with Crippen molar-refractivity contribution in [3.05, 3.63) is 29.0 Å². The highest BCUT2D eigenvalue weighted by Crippen LogP contribution is 2.26. The summed E-state index contributed by atoms with van der Waals surface area (Å²) in [7, 11) is 3.95. The fraction of sp³-hybridized carbons (Fsp3) is 0.200. The summed E-state index contributed by atoms with van der Waals surface area (Å²) in [5.41, 5.74) is 0.950. The molecule has 0 spiro atoms. The van der Waals surface area contributed by atoms with Crippen LogP contribution in [-0.4, -0.2) is 24.1 Å². The third-order valence-electron chi connectivity index (χ3n) is 2.00. The smallest absolute Gasteiger partial charge is 0.137 e. The monoisotopic (exact) mass is 251 g/mol. The largest absolute Gasteiger partial charge is 0.362 e. The van der Waals surface area contributed by atoms with Crippen molar-refractivity contribution in [1.29, 1.82) is 0 Å². The van der Waals surface area contributed by atoms with Crippen LogP contribution in [0.3, 0.4) is 0 Å². The van der Waals surface area contributed by atoms with Gasteiger partial charge in [0, 0.05) is 31.9 Å². The van der Waals surface area contributed by atoms with E-state index in [2.05, 4.69) is 25.9 Å². The normalized spacial score (nSPS) is 10.5. The van der Waals surface area contributed by atoms with Gasteiger partial charge in [0.05, 0.1) is 9.99 Å². The molecule has 0 atom stereocenters. The van der Waals surface area contributed by atoms with Crippen molar-refractivity contribution in [3.63, 3.8) is 0 Å². The zero-order chi connectivity index (χ0) is 10.1. The van der Waals surface area contributed by atoms with Crippen molar-refractivity contribution >= 4 is 32.7 Å². The molecule has 4 heteroatoms. The van der Waals surface area contributed by atoms with Gasteiger partial charge in [0.15, 0.2) is 0 Å². The Morgan fingerprint density at radius 1 is 1.29 bits per heavy atom. The Hall–Kier alpha value is -1.16. The van der Waals surface area contributed by atoms with Crippen LogP contribution >= 0.6 is 15.9 Å². The number of hydrogen-bond acceptors (Lipinski definition) is 3. The number of anilines is 1. The maximum absolute atomic E-state index is 4.34. The molecule has 0 aliphatic rings. The van der Waals surface area contributed by atoms with Crippen LogP contribution in [0, 0.1) is 0 Å². The zero-order valence-corrected chi connectivity index (χ0v) is 9.62. The SMILES string of the molecule is CN(C)c1ncc(Br)c2ncccc12. The molecule has 2 heterocycles. The van der Waals surface area contributed by atoms with E-state index >= 15 is 0 Å². The van der Waals surface area contributed by atoms with Crippen LogP contribution in [0.25, 0.3) is 10.9 Å². The van der Waals surface area contributed by atoms with Gasteiger partial charge in [0.1, 0.15) is 5.82 Å². The first-order valence-corrected chi connectivity index (χ1v) is 5.06. The number of halogens is 1. The van der Waals surface area contributed by atoms with Gasteiger partial charge in [-0.3, -0.25) is 4.98 Å². The Morgan fingerprint density at radius 3 is 2.79 bits per heavy atom. The summed E-state index contributed by atoms with van der Waals surface area (Å²) < 4.78 is 0.929. The second kappa shape index (κ2) is 3.53. The quantitative estimate of drug-likeness (QED) is 0.780. The van der Waals surface area contributed by atoms with Crippen molar-refractivity contribution < 1.29 is 0 Å². The molecule has 0 radical (unpaired) electrons. The molecule has 0 aromatic carbocycles. The molecule has 2 rings (SSSR count). The van der Waals surface area contributed by atoms with Crippen LogP contribution in [0.1, 0.15) is 0 Å². The predicted molar refractivity (Wildman–Crippen MR) is 61.6 cm³/mol. The molecule has 2 aromatic rings. The lowest BCUT2D eigenvalue weighted by molar-refractivity contribution is 1.08. The van der Waals surface area contributed by atoms with Crippen molar-refractivity contribution in [2.45, 2.75) is 0 Å². The molecule has 2 aromatic heterocycles. The van der Waals surface area contributed by atoms with Crippen LogP contribution in [0.2, 0.25) is 0 Å². The van der Waals surface area contributed by atoms with Gasteiger partial charge in [-0.05, 0) is 28.1 Å². The Bertz CT molecular complexity index is 468. The average molecular weight is 252 g/mol. The van der Waals surface area contributed by atoms with E-state index in [1.807, 2.05) is 31.1 Å². The number of nitrogens with zero attached hydrogens (tertiary/aromatic N) is 3. The highest BCUT2D eigenvalue weighted by molar-refractivity contribution is 9.10. The van der Waals surface area contributed by atoms with E-state index in [4.69, 9.17) is 0 Å². The minimum atomic E-state index is 0.929. The van der Waals surface area contributed by atoms with Crippen molar-refractivity contribution in [2.24, 2.45) is 0 Å². The van der Waals surface area contributed by atoms with Gasteiger partial charge >= 0.3 is 0 Å².